The summed E-state index contributed by atoms with van der Waals surface area (Å²) in [6.07, 6.45) is 24.6. The quantitative estimate of drug-likeness (QED) is 0.117. The minimum absolute atomic E-state index is 0.0579. The third-order valence-electron chi connectivity index (χ3n) is 12.6. The molecule has 5 rings (SSSR count). The Hall–Kier alpha value is -2.58. The van der Waals surface area contributed by atoms with E-state index in [0.717, 1.165) is 77.0 Å². The van der Waals surface area contributed by atoms with Crippen molar-refractivity contribution < 1.29 is 29.0 Å². The number of carbonyl (C=O) groups excluding carboxylic acids is 2. The first-order valence-corrected chi connectivity index (χ1v) is 19.9. The predicted molar refractivity (Wildman–Crippen MR) is 198 cm³/mol. The van der Waals surface area contributed by atoms with E-state index in [9.17, 15) is 14.7 Å². The van der Waals surface area contributed by atoms with Gasteiger partial charge in [0.1, 0.15) is 11.6 Å². The molecular formula is C42H64N2O6. The van der Waals surface area contributed by atoms with Crippen LogP contribution >= 0.6 is 0 Å². The van der Waals surface area contributed by atoms with Gasteiger partial charge in [-0.1, -0.05) is 104 Å². The van der Waals surface area contributed by atoms with Gasteiger partial charge in [0.2, 0.25) is 0 Å². The molecule has 1 aromatic heterocycles. The Balaban J connectivity index is 1.59. The summed E-state index contributed by atoms with van der Waals surface area (Å²) < 4.78 is 12.3. The van der Waals surface area contributed by atoms with Gasteiger partial charge in [-0.2, -0.15) is 0 Å². The number of nitrogens with zero attached hydrogens (tertiary/aromatic N) is 1. The number of nitrogens with one attached hydrogen (secondary N) is 1. The lowest BCUT2D eigenvalue weighted by atomic mass is 9.51. The first-order valence-electron chi connectivity index (χ1n) is 19.9. The molecule has 1 saturated heterocycles. The van der Waals surface area contributed by atoms with E-state index in [2.05, 4.69) is 11.9 Å². The van der Waals surface area contributed by atoms with Crippen LogP contribution in [0.5, 0.6) is 0 Å². The van der Waals surface area contributed by atoms with Crippen LogP contribution in [-0.2, 0) is 24.5 Å². The summed E-state index contributed by atoms with van der Waals surface area (Å²) in [7, 11) is 0. The van der Waals surface area contributed by atoms with Crippen LogP contribution in [0.3, 0.4) is 0 Å². The van der Waals surface area contributed by atoms with Crippen LogP contribution in [0.4, 0.5) is 0 Å². The SMILES string of the molecule is CCCCCCCCCCC1(C(=O)C2(C(CC(=O)O)(c3[nH]ccc3C(=O)C3OC(C)(C)OCC3(C)C)C3CCCC3)C=CC=N2)CCCCC1. The van der Waals surface area contributed by atoms with Crippen molar-refractivity contribution in [3.05, 3.63) is 35.7 Å². The second-order valence-corrected chi connectivity index (χ2v) is 17.1. The Bertz CT molecular complexity index is 1380. The molecule has 3 heterocycles. The van der Waals surface area contributed by atoms with Crippen LogP contribution in [0.2, 0.25) is 0 Å². The van der Waals surface area contributed by atoms with Gasteiger partial charge >= 0.3 is 5.97 Å². The number of ether oxygens (including phenoxy) is 2. The standard InChI is InChI=1S/C42H64N2O6/c1-6-7-8-9-10-11-12-16-23-40(24-17-13-18-25-40)37(48)42(26-19-27-44-42)41(29-33(45)46,31-20-14-15-21-31)35-32(22-28-43-35)34(47)36-38(2,3)30-49-39(4,5)50-36/h19,22,26-28,31,36,43H,6-18,20-21,23-25,29-30H2,1-5H3,(H,45,46). The summed E-state index contributed by atoms with van der Waals surface area (Å²) in [5.74, 6) is -2.25. The molecule has 3 atom stereocenters. The number of carbonyl (C=O) groups is 3. The molecule has 1 aromatic rings. The average Bonchev–Trinajstić information content (AvgIpc) is 3.89. The molecule has 2 saturated carbocycles. The van der Waals surface area contributed by atoms with Gasteiger partial charge in [0, 0.05) is 34.5 Å². The minimum atomic E-state index is -1.44. The number of carboxylic acids is 1. The summed E-state index contributed by atoms with van der Waals surface area (Å²) in [6, 6.07) is 1.77. The molecule has 0 amide bonds. The van der Waals surface area contributed by atoms with E-state index >= 15 is 4.79 Å². The first-order chi connectivity index (χ1) is 23.8. The molecule has 50 heavy (non-hydrogen) atoms. The van der Waals surface area contributed by atoms with Crippen LogP contribution in [0.1, 0.15) is 173 Å². The third-order valence-corrected chi connectivity index (χ3v) is 12.6. The largest absolute Gasteiger partial charge is 0.481 e. The van der Waals surface area contributed by atoms with E-state index < -0.39 is 39.6 Å². The maximum absolute atomic E-state index is 15.8. The van der Waals surface area contributed by atoms with Crippen molar-refractivity contribution in [2.75, 3.05) is 6.61 Å². The number of hydrogen-bond donors (Lipinski definition) is 2. The molecule has 0 spiro atoms. The van der Waals surface area contributed by atoms with Gasteiger partial charge in [0.05, 0.1) is 18.4 Å². The molecular weight excluding hydrogens is 628 g/mol. The van der Waals surface area contributed by atoms with E-state index in [1.165, 1.54) is 38.5 Å². The molecule has 278 valence electrons. The molecule has 0 bridgehead atoms. The van der Waals surface area contributed by atoms with Crippen LogP contribution in [0.15, 0.2) is 29.4 Å². The number of Topliss-reactive ketones (excluding diaryl/α,β-unsaturated/α-hetero) is 2. The highest BCUT2D eigenvalue weighted by Gasteiger charge is 2.66. The van der Waals surface area contributed by atoms with Gasteiger partial charge in [-0.25, -0.2) is 0 Å². The summed E-state index contributed by atoms with van der Waals surface area (Å²) in [5, 5.41) is 10.8. The summed E-state index contributed by atoms with van der Waals surface area (Å²) in [5.41, 5.74) is -3.00. The van der Waals surface area contributed by atoms with E-state index in [4.69, 9.17) is 14.5 Å². The van der Waals surface area contributed by atoms with Crippen molar-refractivity contribution in [2.45, 2.75) is 179 Å². The fourth-order valence-electron chi connectivity index (χ4n) is 9.94. The molecule has 8 heteroatoms. The smallest absolute Gasteiger partial charge is 0.304 e. The molecule has 0 aromatic carbocycles. The monoisotopic (exact) mass is 692 g/mol. The number of H-pyrrole nitrogens is 1. The Morgan fingerprint density at radius 3 is 2.22 bits per heavy atom. The van der Waals surface area contributed by atoms with Crippen molar-refractivity contribution in [1.29, 1.82) is 0 Å². The normalized spacial score (nSPS) is 26.9. The first kappa shape index (κ1) is 38.6. The molecule has 0 radical (unpaired) electrons. The minimum Gasteiger partial charge on any atom is -0.481 e. The number of carboxylic acid groups (broad SMARTS) is 1. The number of aromatic nitrogens is 1. The topological polar surface area (TPSA) is 118 Å². The van der Waals surface area contributed by atoms with Crippen molar-refractivity contribution in [2.24, 2.45) is 21.7 Å². The second-order valence-electron chi connectivity index (χ2n) is 17.1. The number of aliphatic imine (C=N–C) groups is 1. The maximum atomic E-state index is 15.8. The molecule has 2 N–H and O–H groups in total. The molecule has 3 fully saturated rings. The summed E-state index contributed by atoms with van der Waals surface area (Å²) >= 11 is 0. The molecule has 4 aliphatic rings. The lowest BCUT2D eigenvalue weighted by Crippen LogP contribution is -2.63. The van der Waals surface area contributed by atoms with Gasteiger partial charge in [0.25, 0.3) is 0 Å². The van der Waals surface area contributed by atoms with Crippen LogP contribution in [0.25, 0.3) is 0 Å². The molecule has 3 unspecified atom stereocenters. The lowest BCUT2D eigenvalue weighted by molar-refractivity contribution is -0.298. The van der Waals surface area contributed by atoms with Gasteiger partial charge in [-0.05, 0) is 70.1 Å². The highest BCUT2D eigenvalue weighted by Crippen LogP contribution is 2.59. The highest BCUT2D eigenvalue weighted by atomic mass is 16.7. The number of aromatic amines is 1. The molecule has 8 nitrogen and oxygen atoms in total. The number of ketones is 2. The van der Waals surface area contributed by atoms with Crippen molar-refractivity contribution in [3.8, 4) is 0 Å². The van der Waals surface area contributed by atoms with Crippen LogP contribution in [0, 0.1) is 16.7 Å². The Morgan fingerprint density at radius 1 is 0.940 bits per heavy atom. The van der Waals surface area contributed by atoms with E-state index in [1.807, 2.05) is 39.8 Å². The zero-order valence-electron chi connectivity index (χ0n) is 31.6. The number of rotatable bonds is 18. The van der Waals surface area contributed by atoms with Gasteiger partial charge in [-0.15, -0.1) is 0 Å². The fraction of sp³-hybridized carbons (Fsp3) is 0.762. The van der Waals surface area contributed by atoms with E-state index in [0.29, 0.717) is 17.9 Å². The lowest BCUT2D eigenvalue weighted by Gasteiger charge is -2.52. The second kappa shape index (κ2) is 16.0. The molecule has 2 aliphatic carbocycles. The van der Waals surface area contributed by atoms with Gasteiger partial charge in [-0.3, -0.25) is 19.4 Å². The van der Waals surface area contributed by atoms with Gasteiger partial charge < -0.3 is 19.6 Å². The zero-order chi connectivity index (χ0) is 36.0. The number of hydrogen-bond acceptors (Lipinski definition) is 6. The highest BCUT2D eigenvalue weighted by molar-refractivity contribution is 6.05. The van der Waals surface area contributed by atoms with E-state index in [-0.39, 0.29) is 23.9 Å². The third kappa shape index (κ3) is 7.62. The summed E-state index contributed by atoms with van der Waals surface area (Å²) in [4.78, 5) is 52.4. The van der Waals surface area contributed by atoms with E-state index in [1.54, 1.807) is 18.5 Å². The molecule has 2 aliphatic heterocycles. The van der Waals surface area contributed by atoms with Crippen LogP contribution < -0.4 is 0 Å². The van der Waals surface area contributed by atoms with Crippen molar-refractivity contribution in [3.63, 3.8) is 0 Å². The Labute approximate surface area is 300 Å². The summed E-state index contributed by atoms with van der Waals surface area (Å²) in [6.45, 7) is 10.1. The number of aliphatic carboxylic acids is 1. The number of unbranched alkanes of at least 4 members (excludes halogenated alkanes) is 7. The van der Waals surface area contributed by atoms with Gasteiger partial charge in [0.15, 0.2) is 17.4 Å². The Kier molecular flexibility index (Phi) is 12.3. The van der Waals surface area contributed by atoms with Crippen LogP contribution in [-0.4, -0.2) is 57.9 Å². The number of allylic oxidation sites excluding steroid dienone is 1. The zero-order valence-corrected chi connectivity index (χ0v) is 31.6. The fourth-order valence-corrected chi connectivity index (χ4v) is 9.94. The maximum Gasteiger partial charge on any atom is 0.304 e. The van der Waals surface area contributed by atoms with Crippen molar-refractivity contribution >= 4 is 23.8 Å². The Morgan fingerprint density at radius 2 is 1.60 bits per heavy atom. The predicted octanol–water partition coefficient (Wildman–Crippen LogP) is 9.71. The average molecular weight is 693 g/mol. The van der Waals surface area contributed by atoms with Crippen molar-refractivity contribution in [1.82, 2.24) is 4.98 Å².